The van der Waals surface area contributed by atoms with Crippen LogP contribution in [0.1, 0.15) is 42.6 Å². The molecular weight excluding hydrogens is 294 g/mol. The van der Waals surface area contributed by atoms with Gasteiger partial charge in [-0.2, -0.15) is 0 Å². The Morgan fingerprint density at radius 1 is 1.35 bits per heavy atom. The average molecular weight is 317 g/mol. The van der Waals surface area contributed by atoms with Crippen LogP contribution in [0.25, 0.3) is 0 Å². The van der Waals surface area contributed by atoms with Gasteiger partial charge in [0, 0.05) is 37.9 Å². The van der Waals surface area contributed by atoms with E-state index in [9.17, 15) is 9.59 Å². The predicted octanol–water partition coefficient (Wildman–Crippen LogP) is 1.47. The molecule has 6 heteroatoms. The van der Waals surface area contributed by atoms with Gasteiger partial charge in [0.25, 0.3) is 5.91 Å². The number of rotatable bonds is 5. The van der Waals surface area contributed by atoms with Crippen molar-refractivity contribution < 1.29 is 14.0 Å². The number of nitrogens with zero attached hydrogens (tertiary/aromatic N) is 2. The van der Waals surface area contributed by atoms with Crippen LogP contribution in [0.5, 0.6) is 0 Å². The second-order valence-corrected chi connectivity index (χ2v) is 7.08. The minimum absolute atomic E-state index is 0.199. The number of carbonyl (C=O) groups is 2. The van der Waals surface area contributed by atoms with Crippen LogP contribution in [0.4, 0.5) is 0 Å². The van der Waals surface area contributed by atoms with Crippen LogP contribution >= 0.6 is 0 Å². The highest BCUT2D eigenvalue weighted by Gasteiger charge is 2.58. The van der Waals surface area contributed by atoms with Crippen molar-refractivity contribution >= 4 is 11.8 Å². The first kappa shape index (κ1) is 14.7. The fourth-order valence-corrected chi connectivity index (χ4v) is 4.18. The summed E-state index contributed by atoms with van der Waals surface area (Å²) in [5.74, 6) is 2.77. The van der Waals surface area contributed by atoms with Crippen LogP contribution in [0.15, 0.2) is 10.7 Å². The molecule has 4 rings (SSSR count). The van der Waals surface area contributed by atoms with Gasteiger partial charge in [-0.25, -0.2) is 4.98 Å². The molecule has 1 saturated heterocycles. The molecule has 1 N–H and O–H groups in total. The molecule has 0 spiro atoms. The van der Waals surface area contributed by atoms with Crippen molar-refractivity contribution in [1.29, 1.82) is 0 Å². The molecule has 0 aromatic carbocycles. The van der Waals surface area contributed by atoms with Gasteiger partial charge in [-0.15, -0.1) is 0 Å². The van der Waals surface area contributed by atoms with Crippen molar-refractivity contribution in [2.24, 2.45) is 23.7 Å². The van der Waals surface area contributed by atoms with Crippen molar-refractivity contribution in [2.45, 2.75) is 32.6 Å². The Morgan fingerprint density at radius 2 is 2.09 bits per heavy atom. The van der Waals surface area contributed by atoms with E-state index in [2.05, 4.69) is 10.3 Å². The van der Waals surface area contributed by atoms with E-state index >= 15 is 0 Å². The van der Waals surface area contributed by atoms with Gasteiger partial charge >= 0.3 is 0 Å². The zero-order valence-electron chi connectivity index (χ0n) is 13.5. The first-order valence-corrected chi connectivity index (χ1v) is 8.68. The van der Waals surface area contributed by atoms with E-state index < -0.39 is 0 Å². The molecule has 3 aliphatic rings. The van der Waals surface area contributed by atoms with Crippen molar-refractivity contribution in [2.75, 3.05) is 19.6 Å². The smallest absolute Gasteiger partial charge is 0.273 e. The summed E-state index contributed by atoms with van der Waals surface area (Å²) in [7, 11) is 0. The molecule has 6 nitrogen and oxygen atoms in total. The van der Waals surface area contributed by atoms with Gasteiger partial charge in [-0.05, 0) is 24.7 Å². The van der Waals surface area contributed by atoms with Crippen molar-refractivity contribution in [3.8, 4) is 0 Å². The zero-order valence-corrected chi connectivity index (χ0v) is 13.5. The molecule has 2 atom stereocenters. The van der Waals surface area contributed by atoms with Crippen molar-refractivity contribution in [1.82, 2.24) is 15.2 Å². The highest BCUT2D eigenvalue weighted by atomic mass is 16.3. The zero-order chi connectivity index (χ0) is 16.0. The van der Waals surface area contributed by atoms with Crippen LogP contribution < -0.4 is 5.32 Å². The summed E-state index contributed by atoms with van der Waals surface area (Å²) in [6, 6.07) is 0. The lowest BCUT2D eigenvalue weighted by atomic mass is 9.98. The predicted molar refractivity (Wildman–Crippen MR) is 82.6 cm³/mol. The van der Waals surface area contributed by atoms with Crippen LogP contribution in [0.3, 0.4) is 0 Å². The maximum Gasteiger partial charge on any atom is 0.273 e. The fraction of sp³-hybridized carbons (Fsp3) is 0.706. The Hall–Kier alpha value is -1.85. The summed E-state index contributed by atoms with van der Waals surface area (Å²) in [5, 5.41) is 2.88. The van der Waals surface area contributed by atoms with E-state index in [0.717, 1.165) is 13.1 Å². The quantitative estimate of drug-likeness (QED) is 0.892. The van der Waals surface area contributed by atoms with Crippen LogP contribution in [0, 0.1) is 23.7 Å². The number of amides is 2. The summed E-state index contributed by atoms with van der Waals surface area (Å²) in [6.45, 7) is 4.07. The van der Waals surface area contributed by atoms with E-state index in [-0.39, 0.29) is 5.91 Å². The molecule has 2 unspecified atom stereocenters. The monoisotopic (exact) mass is 317 g/mol. The summed E-state index contributed by atoms with van der Waals surface area (Å²) in [5.41, 5.74) is 0.333. The molecule has 23 heavy (non-hydrogen) atoms. The lowest BCUT2D eigenvalue weighted by Gasteiger charge is -2.39. The van der Waals surface area contributed by atoms with Gasteiger partial charge in [0.2, 0.25) is 5.91 Å². The van der Waals surface area contributed by atoms with Crippen LogP contribution in [-0.2, 0) is 11.2 Å². The summed E-state index contributed by atoms with van der Waals surface area (Å²) in [4.78, 5) is 30.4. The van der Waals surface area contributed by atoms with Crippen molar-refractivity contribution in [3.63, 3.8) is 0 Å². The third-order valence-corrected chi connectivity index (χ3v) is 5.60. The third-order valence-electron chi connectivity index (χ3n) is 5.60. The van der Waals surface area contributed by atoms with E-state index in [4.69, 9.17) is 4.42 Å². The largest absolute Gasteiger partial charge is 0.448 e. The molecule has 2 amide bonds. The highest BCUT2D eigenvalue weighted by molar-refractivity contribution is 5.91. The molecule has 124 valence electrons. The average Bonchev–Trinajstić information content (AvgIpc) is 2.92. The molecule has 0 radical (unpaired) electrons. The number of hydrogen-bond acceptors (Lipinski definition) is 4. The first-order chi connectivity index (χ1) is 11.2. The second kappa shape index (κ2) is 5.65. The minimum Gasteiger partial charge on any atom is -0.448 e. The van der Waals surface area contributed by atoms with Gasteiger partial charge in [0.05, 0.1) is 0 Å². The van der Waals surface area contributed by atoms with E-state index in [1.54, 1.807) is 0 Å². The van der Waals surface area contributed by atoms with Gasteiger partial charge in [0.1, 0.15) is 6.26 Å². The Kier molecular flexibility index (Phi) is 3.62. The Labute approximate surface area is 135 Å². The summed E-state index contributed by atoms with van der Waals surface area (Å²) >= 11 is 0. The molecule has 2 heterocycles. The summed E-state index contributed by atoms with van der Waals surface area (Å²) < 4.78 is 5.18. The molecular formula is C17H23N3O3. The lowest BCUT2D eigenvalue weighted by Crippen LogP contribution is -2.54. The molecule has 2 saturated carbocycles. The van der Waals surface area contributed by atoms with Crippen LogP contribution in [-0.4, -0.2) is 41.3 Å². The lowest BCUT2D eigenvalue weighted by molar-refractivity contribution is -0.139. The number of fused-ring (bicyclic) bond motifs is 1. The van der Waals surface area contributed by atoms with E-state index in [0.29, 0.717) is 54.1 Å². The van der Waals surface area contributed by atoms with Gasteiger partial charge in [-0.3, -0.25) is 9.59 Å². The fourth-order valence-electron chi connectivity index (χ4n) is 4.18. The highest BCUT2D eigenvalue weighted by Crippen LogP contribution is 2.58. The second-order valence-electron chi connectivity index (χ2n) is 7.08. The molecule has 1 aromatic rings. The Bertz CT molecular complexity index is 610. The standard InChI is InChI=1S/C17H23N3O3/c1-2-14-19-13(9-23-14)16(21)18-6-10-7-20(8-10)17(22)15-11-4-3-5-12(11)15/h9-12,15H,2-8H2,1H3,(H,18,21). The Balaban J connectivity index is 1.19. The molecule has 0 bridgehead atoms. The first-order valence-electron chi connectivity index (χ1n) is 8.68. The van der Waals surface area contributed by atoms with Crippen molar-refractivity contribution in [3.05, 3.63) is 17.8 Å². The molecule has 3 fully saturated rings. The topological polar surface area (TPSA) is 75.4 Å². The Morgan fingerprint density at radius 3 is 2.74 bits per heavy atom. The third kappa shape index (κ3) is 2.64. The number of nitrogens with one attached hydrogen (secondary N) is 1. The number of carbonyl (C=O) groups excluding carboxylic acids is 2. The molecule has 1 aliphatic heterocycles. The van der Waals surface area contributed by atoms with E-state index in [1.807, 2.05) is 11.8 Å². The SMILES string of the molecule is CCc1nc(C(=O)NCC2CN(C(=O)C3C4CCCC43)C2)co1. The van der Waals surface area contributed by atoms with Gasteiger partial charge in [0.15, 0.2) is 11.6 Å². The summed E-state index contributed by atoms with van der Waals surface area (Å²) in [6.07, 6.45) is 5.86. The van der Waals surface area contributed by atoms with Gasteiger partial charge in [-0.1, -0.05) is 13.3 Å². The molecule has 1 aromatic heterocycles. The molecule has 2 aliphatic carbocycles. The van der Waals surface area contributed by atoms with Gasteiger partial charge < -0.3 is 14.6 Å². The number of hydrogen-bond donors (Lipinski definition) is 1. The maximum atomic E-state index is 12.4. The number of aryl methyl sites for hydroxylation is 1. The number of oxazole rings is 1. The van der Waals surface area contributed by atoms with Crippen LogP contribution in [0.2, 0.25) is 0 Å². The maximum absolute atomic E-state index is 12.4. The number of aromatic nitrogens is 1. The normalized spacial score (nSPS) is 29.1. The minimum atomic E-state index is -0.199. The van der Waals surface area contributed by atoms with E-state index in [1.165, 1.54) is 25.5 Å². The number of likely N-dealkylation sites (tertiary alicyclic amines) is 1.